The Bertz CT molecular complexity index is 1890. The molecule has 0 spiro atoms. The molecule has 2 radical (unpaired) electrons. The Hall–Kier alpha value is -3.80. The van der Waals surface area contributed by atoms with E-state index in [0.29, 0.717) is 19.6 Å². The molecule has 0 unspecified atom stereocenters. The van der Waals surface area contributed by atoms with Crippen molar-refractivity contribution in [3.63, 3.8) is 0 Å². The van der Waals surface area contributed by atoms with Gasteiger partial charge in [0.15, 0.2) is 0 Å². The van der Waals surface area contributed by atoms with Crippen LogP contribution in [-0.4, -0.2) is 63.7 Å². The van der Waals surface area contributed by atoms with Crippen molar-refractivity contribution in [2.45, 2.75) is 65.5 Å². The molecule has 0 aliphatic rings. The van der Waals surface area contributed by atoms with Crippen molar-refractivity contribution < 1.29 is 28.3 Å². The second-order valence-corrected chi connectivity index (χ2v) is 13.4. The van der Waals surface area contributed by atoms with Gasteiger partial charge >= 0.3 is 60.2 Å². The zero-order valence-electron chi connectivity index (χ0n) is 25.9. The van der Waals surface area contributed by atoms with E-state index in [0.717, 1.165) is 53.7 Å². The molecular formula is C31H33F4GeN7O3S. The van der Waals surface area contributed by atoms with E-state index in [9.17, 15) is 25.1 Å². The molecule has 6 aromatic rings. The summed E-state index contributed by atoms with van der Waals surface area (Å²) in [4.78, 5) is 17.6. The number of aryl methyl sites for hydroxylation is 3. The predicted octanol–water partition coefficient (Wildman–Crippen LogP) is 6.35. The third kappa shape index (κ3) is 7.37. The fourth-order valence-corrected chi connectivity index (χ4v) is 6.95. The summed E-state index contributed by atoms with van der Waals surface area (Å²) in [5, 5.41) is 0. The molecule has 3 aromatic heterocycles. The summed E-state index contributed by atoms with van der Waals surface area (Å²) in [5.74, 6) is 3.21. The Balaban J connectivity index is 0.000000378. The molecule has 0 aliphatic heterocycles. The first-order valence-electron chi connectivity index (χ1n) is 14.9. The van der Waals surface area contributed by atoms with Crippen LogP contribution >= 0.6 is 0 Å². The minimum atomic E-state index is -5.67. The molecule has 248 valence electrons. The minimum absolute atomic E-state index is 0.711. The average Bonchev–Trinajstić information content (AvgIpc) is 3.70. The molecular weight excluding hydrogens is 699 g/mol. The van der Waals surface area contributed by atoms with Crippen molar-refractivity contribution in [1.29, 1.82) is 0 Å². The molecule has 0 atom stereocenters. The summed E-state index contributed by atoms with van der Waals surface area (Å²) in [6, 6.07) is 25.2. The molecule has 47 heavy (non-hydrogen) atoms. The van der Waals surface area contributed by atoms with Crippen molar-refractivity contribution in [3.05, 3.63) is 90.3 Å². The van der Waals surface area contributed by atoms with Gasteiger partial charge in [0.2, 0.25) is 0 Å². The monoisotopic (exact) mass is 733 g/mol. The zero-order valence-corrected chi connectivity index (χ0v) is 28.9. The second kappa shape index (κ2) is 14.5. The zero-order chi connectivity index (χ0) is 33.8. The Kier molecular flexibility index (Phi) is 10.7. The first kappa shape index (κ1) is 34.5. The van der Waals surface area contributed by atoms with Crippen molar-refractivity contribution in [2.75, 3.05) is 0 Å². The topological polar surface area (TPSA) is 100 Å². The number of hydrogen-bond donors (Lipinski definition) is 0. The van der Waals surface area contributed by atoms with Crippen LogP contribution in [0.3, 0.4) is 0 Å². The molecule has 3 aromatic carbocycles. The van der Waals surface area contributed by atoms with Gasteiger partial charge in [-0.1, -0.05) is 36.4 Å². The summed E-state index contributed by atoms with van der Waals surface area (Å²) in [6.45, 7) is 11.3. The van der Waals surface area contributed by atoms with Crippen LogP contribution in [0.25, 0.3) is 33.1 Å². The van der Waals surface area contributed by atoms with Gasteiger partial charge in [-0.3, -0.25) is 4.90 Å². The summed E-state index contributed by atoms with van der Waals surface area (Å²) < 4.78 is 73.8. The number of nitrogens with zero attached hydrogens (tertiary/aromatic N) is 7. The number of rotatable bonds is 11. The van der Waals surface area contributed by atoms with Gasteiger partial charge in [0.05, 0.1) is 52.7 Å². The van der Waals surface area contributed by atoms with Gasteiger partial charge in [-0.05, 0) is 57.2 Å². The van der Waals surface area contributed by atoms with Gasteiger partial charge in [0.1, 0.15) is 17.5 Å². The number of benzene rings is 3. The Morgan fingerprint density at radius 1 is 0.660 bits per heavy atom. The summed E-state index contributed by atoms with van der Waals surface area (Å²) in [7, 11) is -5.67. The van der Waals surface area contributed by atoms with E-state index in [-0.39, 0.29) is 0 Å². The maximum absolute atomic E-state index is 11.2. The quantitative estimate of drug-likeness (QED) is 0.0870. The van der Waals surface area contributed by atoms with E-state index in [1.54, 1.807) is 0 Å². The second-order valence-electron chi connectivity index (χ2n) is 10.5. The first-order valence-corrected chi connectivity index (χ1v) is 18.0. The molecule has 10 nitrogen and oxygen atoms in total. The van der Waals surface area contributed by atoms with Crippen LogP contribution < -0.4 is 0 Å². The number of para-hydroxylation sites is 6. The van der Waals surface area contributed by atoms with Crippen LogP contribution in [0.5, 0.6) is 0 Å². The SMILES string of the molecule is CCn1c(CN(Cc2nc3ccccc3n2CC)Cc2nc3ccccc3n2CC)nc2ccccc21.O=S(=O)([O][Ge][F])C(F)(F)F. The summed E-state index contributed by atoms with van der Waals surface area (Å²) >= 11 is -2.97. The van der Waals surface area contributed by atoms with E-state index >= 15 is 0 Å². The molecule has 0 fully saturated rings. The number of imidazole rings is 3. The van der Waals surface area contributed by atoms with Crippen molar-refractivity contribution >= 4 is 59.5 Å². The first-order chi connectivity index (χ1) is 22.5. The van der Waals surface area contributed by atoms with Crippen LogP contribution in [0, 0.1) is 0 Å². The third-order valence-electron chi connectivity index (χ3n) is 7.67. The van der Waals surface area contributed by atoms with Gasteiger partial charge in [0, 0.05) is 19.6 Å². The molecule has 0 amide bonds. The summed E-state index contributed by atoms with van der Waals surface area (Å²) in [5.41, 5.74) is 1.16. The molecule has 0 bridgehead atoms. The van der Waals surface area contributed by atoms with Crippen LogP contribution in [0.4, 0.5) is 16.7 Å². The average molecular weight is 732 g/mol. The molecule has 6 rings (SSSR count). The van der Waals surface area contributed by atoms with Crippen LogP contribution in [0.15, 0.2) is 72.8 Å². The van der Waals surface area contributed by atoms with E-state index in [1.807, 2.05) is 0 Å². The number of fused-ring (bicyclic) bond motifs is 3. The van der Waals surface area contributed by atoms with Gasteiger partial charge < -0.3 is 13.7 Å². The van der Waals surface area contributed by atoms with E-state index in [1.165, 1.54) is 16.6 Å². The van der Waals surface area contributed by atoms with Crippen molar-refractivity contribution in [2.24, 2.45) is 0 Å². The van der Waals surface area contributed by atoms with E-state index < -0.39 is 31.9 Å². The van der Waals surface area contributed by atoms with Gasteiger partial charge in [-0.25, -0.2) is 15.0 Å². The van der Waals surface area contributed by atoms with Crippen LogP contribution in [-0.2, 0) is 52.6 Å². The number of hydrogen-bond acceptors (Lipinski definition) is 7. The van der Waals surface area contributed by atoms with Crippen LogP contribution in [0.1, 0.15) is 38.2 Å². The third-order valence-corrected chi connectivity index (χ3v) is 10.3. The Morgan fingerprint density at radius 2 is 0.979 bits per heavy atom. The van der Waals surface area contributed by atoms with Gasteiger partial charge in [-0.15, -0.1) is 0 Å². The Morgan fingerprint density at radius 3 is 1.23 bits per heavy atom. The molecule has 16 heteroatoms. The molecule has 0 N–H and O–H groups in total. The van der Waals surface area contributed by atoms with Crippen molar-refractivity contribution in [3.8, 4) is 0 Å². The standard InChI is InChI=1S/C30H33N7.CF4GeO3S/c1-4-35-25-16-10-7-13-22(25)31-28(35)19-34(20-29-32-23-14-8-11-17-26(23)36(29)5-2)21-30-33-24-15-9-12-18-27(24)37(30)6-3;2-1(3,4)10(7,8)9-6-5/h7-18H,4-6,19-21H2,1-3H3;. The van der Waals surface area contributed by atoms with Gasteiger partial charge in [0.25, 0.3) is 0 Å². The fourth-order valence-electron chi connectivity index (χ4n) is 5.65. The maximum atomic E-state index is 11.2. The van der Waals surface area contributed by atoms with E-state index in [2.05, 4.69) is 115 Å². The van der Waals surface area contributed by atoms with E-state index in [4.69, 9.17) is 15.0 Å². The normalized spacial score (nSPS) is 12.3. The molecule has 3 heterocycles. The number of halogens is 4. The molecule has 0 aliphatic carbocycles. The Labute approximate surface area is 276 Å². The molecule has 0 saturated carbocycles. The predicted molar refractivity (Wildman–Crippen MR) is 172 cm³/mol. The van der Waals surface area contributed by atoms with Crippen molar-refractivity contribution in [1.82, 2.24) is 33.6 Å². The fraction of sp³-hybridized carbons (Fsp3) is 0.323. The summed E-state index contributed by atoms with van der Waals surface area (Å²) in [6.07, 6.45) is 0. The number of aromatic nitrogens is 6. The number of alkyl halides is 3. The van der Waals surface area contributed by atoms with Crippen LogP contribution in [0.2, 0.25) is 0 Å². The van der Waals surface area contributed by atoms with Gasteiger partial charge in [-0.2, -0.15) is 0 Å². The molecule has 0 saturated heterocycles.